The van der Waals surface area contributed by atoms with E-state index in [2.05, 4.69) is 9.62 Å². The summed E-state index contributed by atoms with van der Waals surface area (Å²) in [4.78, 5) is 14.6. The van der Waals surface area contributed by atoms with Gasteiger partial charge in [-0.15, -0.1) is 0 Å². The van der Waals surface area contributed by atoms with Gasteiger partial charge in [-0.1, -0.05) is 43.7 Å². The lowest BCUT2D eigenvalue weighted by atomic mass is 10.0. The Morgan fingerprint density at radius 1 is 1.00 bits per heavy atom. The molecule has 0 bridgehead atoms. The second kappa shape index (κ2) is 9.54. The molecule has 0 saturated carbocycles. The summed E-state index contributed by atoms with van der Waals surface area (Å²) in [6.45, 7) is 3.64. The molecular weight excluding hydrogens is 462 g/mol. The summed E-state index contributed by atoms with van der Waals surface area (Å²) in [6.07, 6.45) is 3.37. The molecule has 0 radical (unpaired) electrons. The number of likely N-dealkylation sites (tertiary alicyclic amines) is 1. The Morgan fingerprint density at radius 3 is 2.21 bits per heavy atom. The zero-order valence-electron chi connectivity index (χ0n) is 18.6. The standard InChI is InChI=1S/C23H29N3O5S2/c1-18-17-32(28,29)26(23(18)27)20-10-12-21(13-11-20)33(30,31)24-16-22(19-8-4-2-5-9-19)25-14-6-3-7-15-25/h2,4-5,8-13,18,22,24H,3,6-7,14-17H2,1H3. The van der Waals surface area contributed by atoms with Crippen LogP contribution in [0.15, 0.2) is 59.5 Å². The molecule has 2 fully saturated rings. The highest BCUT2D eigenvalue weighted by atomic mass is 32.2. The van der Waals surface area contributed by atoms with Crippen molar-refractivity contribution in [2.45, 2.75) is 37.1 Å². The third-order valence-electron chi connectivity index (χ3n) is 6.22. The normalized spacial score (nSPS) is 22.4. The van der Waals surface area contributed by atoms with E-state index in [4.69, 9.17) is 0 Å². The molecule has 0 spiro atoms. The predicted molar refractivity (Wildman–Crippen MR) is 127 cm³/mol. The smallest absolute Gasteiger partial charge is 0.244 e. The van der Waals surface area contributed by atoms with Crippen molar-refractivity contribution >= 4 is 31.6 Å². The van der Waals surface area contributed by atoms with Crippen LogP contribution in [0, 0.1) is 5.92 Å². The number of hydrogen-bond acceptors (Lipinski definition) is 6. The summed E-state index contributed by atoms with van der Waals surface area (Å²) in [5, 5.41) is 0. The largest absolute Gasteiger partial charge is 0.295 e. The number of sulfonamides is 2. The maximum absolute atomic E-state index is 13.0. The molecule has 1 N–H and O–H groups in total. The van der Waals surface area contributed by atoms with E-state index in [1.54, 1.807) is 6.92 Å². The number of piperidine rings is 1. The fourth-order valence-corrected chi connectivity index (χ4v) is 7.34. The van der Waals surface area contributed by atoms with Gasteiger partial charge in [0.25, 0.3) is 0 Å². The number of anilines is 1. The lowest BCUT2D eigenvalue weighted by molar-refractivity contribution is -0.119. The Hall–Kier alpha value is -2.27. The minimum atomic E-state index is -3.82. The van der Waals surface area contributed by atoms with E-state index in [-0.39, 0.29) is 28.9 Å². The van der Waals surface area contributed by atoms with Gasteiger partial charge in [-0.25, -0.2) is 25.9 Å². The van der Waals surface area contributed by atoms with Crippen molar-refractivity contribution < 1.29 is 21.6 Å². The fraction of sp³-hybridized carbons (Fsp3) is 0.435. The van der Waals surface area contributed by atoms with Crippen LogP contribution in [0.5, 0.6) is 0 Å². The van der Waals surface area contributed by atoms with Gasteiger partial charge in [-0.05, 0) is 55.8 Å². The topological polar surface area (TPSA) is 104 Å². The highest BCUT2D eigenvalue weighted by Gasteiger charge is 2.42. The number of carbonyl (C=O) groups is 1. The molecule has 2 aliphatic rings. The van der Waals surface area contributed by atoms with Crippen molar-refractivity contribution in [3.8, 4) is 0 Å². The van der Waals surface area contributed by atoms with E-state index in [0.717, 1.165) is 35.8 Å². The SMILES string of the molecule is CC1CS(=O)(=O)N(c2ccc(S(=O)(=O)NCC(c3ccccc3)N3CCCCC3)cc2)C1=O. The maximum Gasteiger partial charge on any atom is 0.244 e. The first-order valence-electron chi connectivity index (χ1n) is 11.1. The summed E-state index contributed by atoms with van der Waals surface area (Å²) >= 11 is 0. The average molecular weight is 492 g/mol. The zero-order valence-corrected chi connectivity index (χ0v) is 20.2. The molecule has 0 aromatic heterocycles. The minimum absolute atomic E-state index is 0.0220. The van der Waals surface area contributed by atoms with Gasteiger partial charge in [-0.2, -0.15) is 0 Å². The molecule has 2 aromatic carbocycles. The van der Waals surface area contributed by atoms with Crippen molar-refractivity contribution in [2.75, 3.05) is 29.7 Å². The van der Waals surface area contributed by atoms with E-state index in [9.17, 15) is 21.6 Å². The maximum atomic E-state index is 13.0. The van der Waals surface area contributed by atoms with Crippen LogP contribution in [0.3, 0.4) is 0 Å². The van der Waals surface area contributed by atoms with Gasteiger partial charge < -0.3 is 0 Å². The van der Waals surface area contributed by atoms with E-state index in [1.807, 2.05) is 30.3 Å². The van der Waals surface area contributed by atoms with Crippen LogP contribution in [0.2, 0.25) is 0 Å². The van der Waals surface area contributed by atoms with Gasteiger partial charge >= 0.3 is 0 Å². The van der Waals surface area contributed by atoms with Gasteiger partial charge in [0.2, 0.25) is 26.0 Å². The number of carbonyl (C=O) groups excluding carboxylic acids is 1. The number of benzene rings is 2. The number of hydrogen-bond donors (Lipinski definition) is 1. The summed E-state index contributed by atoms with van der Waals surface area (Å²) in [6, 6.07) is 15.2. The number of nitrogens with one attached hydrogen (secondary N) is 1. The predicted octanol–water partition coefficient (Wildman–Crippen LogP) is 2.50. The number of amides is 1. The molecule has 2 heterocycles. The van der Waals surface area contributed by atoms with Gasteiger partial charge in [0.1, 0.15) is 0 Å². The number of rotatable bonds is 7. The molecule has 2 saturated heterocycles. The first kappa shape index (κ1) is 23.9. The molecule has 0 aliphatic carbocycles. The second-order valence-electron chi connectivity index (χ2n) is 8.65. The first-order chi connectivity index (χ1) is 15.7. The van der Waals surface area contributed by atoms with Crippen molar-refractivity contribution in [1.29, 1.82) is 0 Å². The van der Waals surface area contributed by atoms with Gasteiger partial charge in [0.05, 0.1) is 22.3 Å². The molecule has 33 heavy (non-hydrogen) atoms. The molecule has 2 unspecified atom stereocenters. The quantitative estimate of drug-likeness (QED) is 0.638. The average Bonchev–Trinajstić information content (AvgIpc) is 3.01. The molecule has 2 aliphatic heterocycles. The number of nitrogens with zero attached hydrogens (tertiary/aromatic N) is 2. The summed E-state index contributed by atoms with van der Waals surface area (Å²) in [5.41, 5.74) is 1.21. The van der Waals surface area contributed by atoms with Gasteiger partial charge in [0.15, 0.2) is 0 Å². The van der Waals surface area contributed by atoms with E-state index < -0.39 is 31.9 Å². The minimum Gasteiger partial charge on any atom is -0.295 e. The Balaban J connectivity index is 1.51. The monoisotopic (exact) mass is 491 g/mol. The Bertz CT molecular complexity index is 1190. The molecule has 8 nitrogen and oxygen atoms in total. The van der Waals surface area contributed by atoms with Crippen LogP contribution in [0.1, 0.15) is 37.8 Å². The molecule has 4 rings (SSSR count). The van der Waals surface area contributed by atoms with Crippen molar-refractivity contribution in [3.05, 3.63) is 60.2 Å². The van der Waals surface area contributed by atoms with Crippen LogP contribution >= 0.6 is 0 Å². The highest BCUT2D eigenvalue weighted by Crippen LogP contribution is 2.29. The van der Waals surface area contributed by atoms with Crippen LogP contribution in [0.4, 0.5) is 5.69 Å². The van der Waals surface area contributed by atoms with E-state index >= 15 is 0 Å². The van der Waals surface area contributed by atoms with Crippen molar-refractivity contribution in [1.82, 2.24) is 9.62 Å². The molecule has 10 heteroatoms. The molecule has 178 valence electrons. The Labute approximate surface area is 195 Å². The molecule has 2 aromatic rings. The Kier molecular flexibility index (Phi) is 6.90. The molecule has 2 atom stereocenters. The van der Waals surface area contributed by atoms with Crippen LogP contribution in [0.25, 0.3) is 0 Å². The van der Waals surface area contributed by atoms with Crippen LogP contribution in [-0.4, -0.2) is 53.0 Å². The van der Waals surface area contributed by atoms with Crippen molar-refractivity contribution in [3.63, 3.8) is 0 Å². The second-order valence-corrected chi connectivity index (χ2v) is 12.3. The van der Waals surface area contributed by atoms with Crippen LogP contribution < -0.4 is 9.03 Å². The summed E-state index contributed by atoms with van der Waals surface area (Å²) < 4.78 is 54.1. The Morgan fingerprint density at radius 2 is 1.64 bits per heavy atom. The lowest BCUT2D eigenvalue weighted by Gasteiger charge is -2.35. The lowest BCUT2D eigenvalue weighted by Crippen LogP contribution is -2.40. The van der Waals surface area contributed by atoms with Crippen LogP contribution in [-0.2, 0) is 24.8 Å². The summed E-state index contributed by atoms with van der Waals surface area (Å²) in [7, 11) is -7.56. The highest BCUT2D eigenvalue weighted by molar-refractivity contribution is 7.94. The first-order valence-corrected chi connectivity index (χ1v) is 14.2. The molecular formula is C23H29N3O5S2. The van der Waals surface area contributed by atoms with Gasteiger partial charge in [0, 0.05) is 12.6 Å². The summed E-state index contributed by atoms with van der Waals surface area (Å²) in [5.74, 6) is -1.37. The third-order valence-corrected chi connectivity index (χ3v) is 9.53. The van der Waals surface area contributed by atoms with Gasteiger partial charge in [-0.3, -0.25) is 9.69 Å². The zero-order chi connectivity index (χ0) is 23.6. The fourth-order valence-electron chi connectivity index (χ4n) is 4.48. The van der Waals surface area contributed by atoms with Crippen molar-refractivity contribution in [2.24, 2.45) is 5.92 Å². The molecule has 1 amide bonds. The third kappa shape index (κ3) is 5.13. The van der Waals surface area contributed by atoms with E-state index in [1.165, 1.54) is 30.7 Å². The van der Waals surface area contributed by atoms with E-state index in [0.29, 0.717) is 0 Å².